The van der Waals surface area contributed by atoms with Crippen LogP contribution >= 0.6 is 35.3 Å². The lowest BCUT2D eigenvalue weighted by Gasteiger charge is -2.26. The van der Waals surface area contributed by atoms with Crippen LogP contribution in [0.15, 0.2) is 29.4 Å². The Kier molecular flexibility index (Phi) is 10.5. The number of nitrogens with one attached hydrogen (secondary N) is 2. The number of benzene rings is 1. The van der Waals surface area contributed by atoms with Gasteiger partial charge in [-0.15, -0.1) is 35.3 Å². The first kappa shape index (κ1) is 24.4. The molecule has 0 aliphatic carbocycles. The lowest BCUT2D eigenvalue weighted by Crippen LogP contribution is -2.41. The minimum atomic E-state index is 0. The Morgan fingerprint density at radius 1 is 1.21 bits per heavy atom. The van der Waals surface area contributed by atoms with Crippen molar-refractivity contribution in [3.63, 3.8) is 0 Å². The smallest absolute Gasteiger partial charge is 0.191 e. The van der Waals surface area contributed by atoms with E-state index in [1.807, 2.05) is 18.3 Å². The molecule has 1 aromatic carbocycles. The number of hydrogen-bond acceptors (Lipinski definition) is 6. The fourth-order valence-electron chi connectivity index (χ4n) is 2.72. The molecule has 0 saturated carbocycles. The van der Waals surface area contributed by atoms with Crippen molar-refractivity contribution in [1.29, 1.82) is 0 Å². The van der Waals surface area contributed by atoms with Gasteiger partial charge in [0, 0.05) is 24.7 Å². The van der Waals surface area contributed by atoms with Crippen LogP contribution in [-0.4, -0.2) is 57.8 Å². The molecule has 2 aromatic rings. The van der Waals surface area contributed by atoms with Crippen LogP contribution in [0.4, 0.5) is 0 Å². The van der Waals surface area contributed by atoms with Gasteiger partial charge in [0.05, 0.1) is 26.8 Å². The number of guanidine groups is 1. The summed E-state index contributed by atoms with van der Waals surface area (Å²) in [6.45, 7) is 3.40. The lowest BCUT2D eigenvalue weighted by molar-refractivity contribution is 0.295. The highest BCUT2D eigenvalue weighted by atomic mass is 127. The molecule has 1 heterocycles. The average Bonchev–Trinajstić information content (AvgIpc) is 3.09. The Morgan fingerprint density at radius 3 is 2.46 bits per heavy atom. The largest absolute Gasteiger partial charge is 0.493 e. The fourth-order valence-corrected chi connectivity index (χ4v) is 3.44. The number of aliphatic imine (C=N–C) groups is 1. The maximum atomic E-state index is 5.44. The molecule has 1 aromatic heterocycles. The Hall–Kier alpha value is -1.59. The number of rotatable bonds is 8. The predicted octanol–water partition coefficient (Wildman–Crippen LogP) is 3.05. The topological polar surface area (TPSA) is 71.0 Å². The monoisotopic (exact) mass is 519 g/mol. The second kappa shape index (κ2) is 12.1. The van der Waals surface area contributed by atoms with Crippen molar-refractivity contribution in [3.8, 4) is 11.5 Å². The fraction of sp³-hybridized carbons (Fsp3) is 0.474. The zero-order valence-corrected chi connectivity index (χ0v) is 20.4. The van der Waals surface area contributed by atoms with Gasteiger partial charge in [-0.05, 0) is 38.7 Å². The first-order valence-electron chi connectivity index (χ1n) is 8.72. The molecule has 0 aliphatic heterocycles. The zero-order chi connectivity index (χ0) is 19.8. The molecule has 2 rings (SSSR count). The summed E-state index contributed by atoms with van der Waals surface area (Å²) in [5.41, 5.74) is 1.14. The predicted molar refractivity (Wildman–Crippen MR) is 126 cm³/mol. The van der Waals surface area contributed by atoms with Gasteiger partial charge in [-0.3, -0.25) is 4.99 Å². The quantitative estimate of drug-likeness (QED) is 0.318. The summed E-state index contributed by atoms with van der Waals surface area (Å²) in [6, 6.07) is 6.15. The number of aryl methyl sites for hydroxylation is 1. The minimum absolute atomic E-state index is 0. The summed E-state index contributed by atoms with van der Waals surface area (Å²) in [6.07, 6.45) is 1.89. The normalized spacial score (nSPS) is 12.3. The van der Waals surface area contributed by atoms with Gasteiger partial charge in [0.2, 0.25) is 0 Å². The summed E-state index contributed by atoms with van der Waals surface area (Å²) in [7, 11) is 9.16. The molecular formula is C19H30IN5O2S. The first-order valence-corrected chi connectivity index (χ1v) is 9.54. The molecule has 0 spiro atoms. The molecule has 28 heavy (non-hydrogen) atoms. The molecule has 0 saturated heterocycles. The number of likely N-dealkylation sites (N-methyl/N-ethyl adjacent to an activating group) is 1. The second-order valence-electron chi connectivity index (χ2n) is 6.27. The van der Waals surface area contributed by atoms with Crippen molar-refractivity contribution in [1.82, 2.24) is 20.5 Å². The third-order valence-electron chi connectivity index (χ3n) is 4.18. The summed E-state index contributed by atoms with van der Waals surface area (Å²) in [5, 5.41) is 7.74. The van der Waals surface area contributed by atoms with E-state index in [0.717, 1.165) is 28.0 Å². The maximum Gasteiger partial charge on any atom is 0.191 e. The molecule has 1 atom stereocenters. The second-order valence-corrected chi connectivity index (χ2v) is 7.58. The summed E-state index contributed by atoms with van der Waals surface area (Å²) in [4.78, 5) is 12.0. The van der Waals surface area contributed by atoms with Crippen LogP contribution < -0.4 is 20.1 Å². The zero-order valence-electron chi connectivity index (χ0n) is 17.3. The lowest BCUT2D eigenvalue weighted by atomic mass is 10.1. The minimum Gasteiger partial charge on any atom is -0.493 e. The Labute approximate surface area is 188 Å². The van der Waals surface area contributed by atoms with Gasteiger partial charge in [-0.25, -0.2) is 4.98 Å². The van der Waals surface area contributed by atoms with Gasteiger partial charge < -0.3 is 25.0 Å². The summed E-state index contributed by atoms with van der Waals surface area (Å²) < 4.78 is 10.8. The average molecular weight is 519 g/mol. The van der Waals surface area contributed by atoms with Crippen LogP contribution in [0.3, 0.4) is 0 Å². The Bertz CT molecular complexity index is 767. The van der Waals surface area contributed by atoms with E-state index in [-0.39, 0.29) is 30.0 Å². The third-order valence-corrected chi connectivity index (χ3v) is 5.09. The van der Waals surface area contributed by atoms with Crippen molar-refractivity contribution in [3.05, 3.63) is 39.8 Å². The van der Waals surface area contributed by atoms with E-state index in [1.54, 1.807) is 32.6 Å². The van der Waals surface area contributed by atoms with Crippen LogP contribution in [-0.2, 0) is 6.54 Å². The number of ether oxygens (including phenoxy) is 2. The van der Waals surface area contributed by atoms with E-state index in [9.17, 15) is 0 Å². The first-order chi connectivity index (χ1) is 13.0. The molecule has 0 aliphatic rings. The molecule has 156 valence electrons. The van der Waals surface area contributed by atoms with Gasteiger partial charge in [0.25, 0.3) is 0 Å². The van der Waals surface area contributed by atoms with Crippen LogP contribution in [0.5, 0.6) is 11.5 Å². The molecule has 0 amide bonds. The molecule has 0 fully saturated rings. The molecule has 2 N–H and O–H groups in total. The third kappa shape index (κ3) is 6.78. The van der Waals surface area contributed by atoms with Crippen LogP contribution in [0, 0.1) is 6.92 Å². The highest BCUT2D eigenvalue weighted by molar-refractivity contribution is 14.0. The van der Waals surface area contributed by atoms with E-state index < -0.39 is 0 Å². The number of methoxy groups -OCH3 is 2. The van der Waals surface area contributed by atoms with E-state index in [1.165, 1.54) is 4.88 Å². The van der Waals surface area contributed by atoms with Gasteiger partial charge in [0.15, 0.2) is 17.5 Å². The standard InChI is InChI=1S/C19H29N5O2S.HI/c1-13-10-21-18(27-13)12-23-19(20-2)22-11-15(24(3)4)14-7-8-16(25-5)17(9-14)26-6;/h7-10,15H,11-12H2,1-6H3,(H2,20,22,23);1H. The van der Waals surface area contributed by atoms with E-state index in [0.29, 0.717) is 13.1 Å². The molecule has 0 bridgehead atoms. The summed E-state index contributed by atoms with van der Waals surface area (Å²) >= 11 is 1.68. The maximum absolute atomic E-state index is 5.44. The SMILES string of the molecule is CN=C(NCc1ncc(C)s1)NCC(c1ccc(OC)c(OC)c1)N(C)C.I. The Morgan fingerprint density at radius 2 is 1.93 bits per heavy atom. The molecular weight excluding hydrogens is 489 g/mol. The summed E-state index contributed by atoms with van der Waals surface area (Å²) in [5.74, 6) is 2.20. The highest BCUT2D eigenvalue weighted by Crippen LogP contribution is 2.31. The van der Waals surface area contributed by atoms with Crippen LogP contribution in [0.1, 0.15) is 21.5 Å². The van der Waals surface area contributed by atoms with Crippen molar-refractivity contribution in [2.24, 2.45) is 4.99 Å². The van der Waals surface area contributed by atoms with E-state index in [4.69, 9.17) is 9.47 Å². The van der Waals surface area contributed by atoms with Crippen LogP contribution in [0.25, 0.3) is 0 Å². The number of thiazole rings is 1. The van der Waals surface area contributed by atoms with E-state index >= 15 is 0 Å². The number of aromatic nitrogens is 1. The van der Waals surface area contributed by atoms with E-state index in [2.05, 4.69) is 52.6 Å². The molecule has 9 heteroatoms. The van der Waals surface area contributed by atoms with Crippen molar-refractivity contribution in [2.75, 3.05) is 41.9 Å². The molecule has 7 nitrogen and oxygen atoms in total. The van der Waals surface area contributed by atoms with Gasteiger partial charge in [0.1, 0.15) is 5.01 Å². The number of nitrogens with zero attached hydrogens (tertiary/aromatic N) is 3. The Balaban J connectivity index is 0.00000392. The van der Waals surface area contributed by atoms with Gasteiger partial charge in [-0.2, -0.15) is 0 Å². The van der Waals surface area contributed by atoms with Crippen molar-refractivity contribution in [2.45, 2.75) is 19.5 Å². The van der Waals surface area contributed by atoms with Crippen molar-refractivity contribution < 1.29 is 9.47 Å². The van der Waals surface area contributed by atoms with Gasteiger partial charge in [-0.1, -0.05) is 6.07 Å². The number of halogens is 1. The molecule has 1 unspecified atom stereocenters. The van der Waals surface area contributed by atoms with Crippen LogP contribution in [0.2, 0.25) is 0 Å². The number of hydrogen-bond donors (Lipinski definition) is 2. The molecule has 0 radical (unpaired) electrons. The van der Waals surface area contributed by atoms with Gasteiger partial charge >= 0.3 is 0 Å². The van der Waals surface area contributed by atoms with Crippen molar-refractivity contribution >= 4 is 41.3 Å². The highest BCUT2D eigenvalue weighted by Gasteiger charge is 2.17.